The number of carbonyl (C=O) groups is 1. The first-order valence-corrected chi connectivity index (χ1v) is 6.78. The van der Waals surface area contributed by atoms with E-state index in [-0.39, 0.29) is 17.6 Å². The molecule has 0 aliphatic carbocycles. The molecule has 0 radical (unpaired) electrons. The lowest BCUT2D eigenvalue weighted by molar-refractivity contribution is 0.0935. The molecule has 1 unspecified atom stereocenters. The third kappa shape index (κ3) is 3.11. The number of nitrogens with one attached hydrogen (secondary N) is 1. The number of hydrogen-bond donors (Lipinski definition) is 2. The Balaban J connectivity index is 2.10. The Morgan fingerprint density at radius 3 is 2.65 bits per heavy atom. The lowest BCUT2D eigenvalue weighted by Gasteiger charge is -2.13. The second-order valence-corrected chi connectivity index (χ2v) is 4.97. The molecular formula is C14H17ClN4O. The van der Waals surface area contributed by atoms with E-state index in [4.69, 9.17) is 17.3 Å². The molecule has 0 bridgehead atoms. The maximum Gasteiger partial charge on any atom is 0.274 e. The van der Waals surface area contributed by atoms with E-state index in [1.54, 1.807) is 23.0 Å². The number of aryl methyl sites for hydroxylation is 1. The molecule has 5 nitrogen and oxygen atoms in total. The summed E-state index contributed by atoms with van der Waals surface area (Å²) in [7, 11) is 0. The Hall–Kier alpha value is -2.01. The number of nitrogens with two attached hydrogens (primary N) is 1. The van der Waals surface area contributed by atoms with Crippen molar-refractivity contribution in [1.29, 1.82) is 0 Å². The van der Waals surface area contributed by atoms with E-state index in [1.165, 1.54) is 0 Å². The molecule has 1 atom stereocenters. The molecule has 1 aromatic carbocycles. The van der Waals surface area contributed by atoms with Gasteiger partial charge >= 0.3 is 0 Å². The van der Waals surface area contributed by atoms with Crippen molar-refractivity contribution < 1.29 is 4.79 Å². The Morgan fingerprint density at radius 2 is 2.10 bits per heavy atom. The van der Waals surface area contributed by atoms with E-state index in [2.05, 4.69) is 10.4 Å². The molecule has 106 valence electrons. The molecule has 3 N–H and O–H groups in total. The lowest BCUT2D eigenvalue weighted by Crippen LogP contribution is -2.27. The van der Waals surface area contributed by atoms with Gasteiger partial charge in [-0.15, -0.1) is 0 Å². The number of halogens is 1. The molecule has 0 spiro atoms. The predicted octanol–water partition coefficient (Wildman–Crippen LogP) is 2.63. The maximum absolute atomic E-state index is 12.2. The Bertz CT molecular complexity index is 606. The number of benzene rings is 1. The van der Waals surface area contributed by atoms with Gasteiger partial charge in [0.2, 0.25) is 0 Å². The number of aromatic nitrogens is 2. The summed E-state index contributed by atoms with van der Waals surface area (Å²) in [4.78, 5) is 12.2. The average Bonchev–Trinajstić information content (AvgIpc) is 2.80. The highest BCUT2D eigenvalue weighted by molar-refractivity contribution is 6.30. The summed E-state index contributed by atoms with van der Waals surface area (Å²) in [5, 5.41) is 7.68. The predicted molar refractivity (Wildman–Crippen MR) is 79.6 cm³/mol. The van der Waals surface area contributed by atoms with Gasteiger partial charge in [-0.2, -0.15) is 5.10 Å². The van der Waals surface area contributed by atoms with Crippen molar-refractivity contribution >= 4 is 23.2 Å². The van der Waals surface area contributed by atoms with Crippen LogP contribution in [-0.2, 0) is 6.54 Å². The highest BCUT2D eigenvalue weighted by Crippen LogP contribution is 2.17. The summed E-state index contributed by atoms with van der Waals surface area (Å²) in [6.45, 7) is 4.50. The highest BCUT2D eigenvalue weighted by Gasteiger charge is 2.17. The smallest absolute Gasteiger partial charge is 0.274 e. The molecule has 0 aliphatic heterocycles. The van der Waals surface area contributed by atoms with Crippen molar-refractivity contribution in [1.82, 2.24) is 15.1 Å². The minimum Gasteiger partial charge on any atom is -0.396 e. The van der Waals surface area contributed by atoms with E-state index in [1.807, 2.05) is 26.0 Å². The minimum atomic E-state index is -0.280. The molecule has 2 aromatic rings. The van der Waals surface area contributed by atoms with Crippen LogP contribution < -0.4 is 11.1 Å². The van der Waals surface area contributed by atoms with Gasteiger partial charge in [0.05, 0.1) is 11.7 Å². The average molecular weight is 293 g/mol. The summed E-state index contributed by atoms with van der Waals surface area (Å²) in [6, 6.07) is 7.19. The van der Waals surface area contributed by atoms with Gasteiger partial charge in [-0.25, -0.2) is 0 Å². The SMILES string of the molecule is CCn1cc(N)c(C(=O)NC(C)c2ccc(Cl)cc2)n1. The first kappa shape index (κ1) is 14.4. The van der Waals surface area contributed by atoms with Crippen LogP contribution in [0.2, 0.25) is 5.02 Å². The Morgan fingerprint density at radius 1 is 1.45 bits per heavy atom. The van der Waals surface area contributed by atoms with Crippen LogP contribution in [0.5, 0.6) is 0 Å². The van der Waals surface area contributed by atoms with Crippen molar-refractivity contribution in [3.8, 4) is 0 Å². The molecule has 0 saturated heterocycles. The number of carbonyl (C=O) groups excluding carboxylic acids is 1. The zero-order valence-corrected chi connectivity index (χ0v) is 12.2. The van der Waals surface area contributed by atoms with E-state index in [9.17, 15) is 4.79 Å². The first-order valence-electron chi connectivity index (χ1n) is 6.40. The van der Waals surface area contributed by atoms with Gasteiger partial charge in [-0.1, -0.05) is 23.7 Å². The van der Waals surface area contributed by atoms with Gasteiger partial charge in [0.1, 0.15) is 0 Å². The molecular weight excluding hydrogens is 276 g/mol. The topological polar surface area (TPSA) is 72.9 Å². The highest BCUT2D eigenvalue weighted by atomic mass is 35.5. The fraction of sp³-hybridized carbons (Fsp3) is 0.286. The summed E-state index contributed by atoms with van der Waals surface area (Å²) < 4.78 is 1.64. The van der Waals surface area contributed by atoms with Gasteiger partial charge in [0, 0.05) is 17.8 Å². The summed E-state index contributed by atoms with van der Waals surface area (Å²) in [5.41, 5.74) is 7.40. The standard InChI is InChI=1S/C14H17ClN4O/c1-3-19-8-12(16)13(18-19)14(20)17-9(2)10-4-6-11(15)7-5-10/h4-9H,3,16H2,1-2H3,(H,17,20). The van der Waals surface area contributed by atoms with Gasteiger partial charge in [-0.3, -0.25) is 9.48 Å². The zero-order valence-electron chi connectivity index (χ0n) is 11.4. The molecule has 1 amide bonds. The summed E-state index contributed by atoms with van der Waals surface area (Å²) in [5.74, 6) is -0.280. The van der Waals surface area contributed by atoms with E-state index < -0.39 is 0 Å². The van der Waals surface area contributed by atoms with Crippen LogP contribution in [-0.4, -0.2) is 15.7 Å². The van der Waals surface area contributed by atoms with Crippen LogP contribution in [0.4, 0.5) is 5.69 Å². The number of nitrogen functional groups attached to an aromatic ring is 1. The fourth-order valence-corrected chi connectivity index (χ4v) is 2.00. The Kier molecular flexibility index (Phi) is 4.29. The molecule has 1 heterocycles. The van der Waals surface area contributed by atoms with Crippen LogP contribution in [0.1, 0.15) is 35.9 Å². The van der Waals surface area contributed by atoms with E-state index >= 15 is 0 Å². The van der Waals surface area contributed by atoms with Crippen molar-refractivity contribution in [3.63, 3.8) is 0 Å². The largest absolute Gasteiger partial charge is 0.396 e. The fourth-order valence-electron chi connectivity index (χ4n) is 1.88. The van der Waals surface area contributed by atoms with Crippen molar-refractivity contribution in [3.05, 3.63) is 46.7 Å². The number of rotatable bonds is 4. The quantitative estimate of drug-likeness (QED) is 0.910. The van der Waals surface area contributed by atoms with Crippen molar-refractivity contribution in [2.75, 3.05) is 5.73 Å². The molecule has 0 aliphatic rings. The third-order valence-corrected chi connectivity index (χ3v) is 3.30. The molecule has 0 fully saturated rings. The third-order valence-electron chi connectivity index (χ3n) is 3.05. The second-order valence-electron chi connectivity index (χ2n) is 4.54. The maximum atomic E-state index is 12.2. The molecule has 2 rings (SSSR count). The molecule has 6 heteroatoms. The molecule has 20 heavy (non-hydrogen) atoms. The summed E-state index contributed by atoms with van der Waals surface area (Å²) in [6.07, 6.45) is 1.65. The monoisotopic (exact) mass is 292 g/mol. The van der Waals surface area contributed by atoms with Crippen molar-refractivity contribution in [2.24, 2.45) is 0 Å². The summed E-state index contributed by atoms with van der Waals surface area (Å²) >= 11 is 5.84. The minimum absolute atomic E-state index is 0.147. The zero-order chi connectivity index (χ0) is 14.7. The molecule has 0 saturated carbocycles. The lowest BCUT2D eigenvalue weighted by atomic mass is 10.1. The van der Waals surface area contributed by atoms with Crippen LogP contribution in [0.15, 0.2) is 30.5 Å². The van der Waals surface area contributed by atoms with Crippen molar-refractivity contribution in [2.45, 2.75) is 26.4 Å². The van der Waals surface area contributed by atoms with Gasteiger partial charge in [0.25, 0.3) is 5.91 Å². The number of anilines is 1. The molecule has 1 aromatic heterocycles. The number of nitrogens with zero attached hydrogens (tertiary/aromatic N) is 2. The van der Waals surface area contributed by atoms with E-state index in [0.29, 0.717) is 17.3 Å². The first-order chi connectivity index (χ1) is 9.51. The van der Waals surface area contributed by atoms with Gasteiger partial charge < -0.3 is 11.1 Å². The van der Waals surface area contributed by atoms with Gasteiger partial charge in [0.15, 0.2) is 5.69 Å². The normalized spacial score (nSPS) is 12.2. The number of hydrogen-bond acceptors (Lipinski definition) is 3. The van der Waals surface area contributed by atoms with E-state index in [0.717, 1.165) is 5.56 Å². The van der Waals surface area contributed by atoms with Gasteiger partial charge in [-0.05, 0) is 31.5 Å². The van der Waals surface area contributed by atoms with Crippen LogP contribution >= 0.6 is 11.6 Å². The van der Waals surface area contributed by atoms with Crippen LogP contribution in [0.25, 0.3) is 0 Å². The van der Waals surface area contributed by atoms with Crippen LogP contribution in [0, 0.1) is 0 Å². The second kappa shape index (κ2) is 5.96. The number of amides is 1. The van der Waals surface area contributed by atoms with Crippen LogP contribution in [0.3, 0.4) is 0 Å². The Labute approximate surface area is 122 Å².